The number of rotatable bonds is 3. The van der Waals surface area contributed by atoms with Crippen molar-refractivity contribution in [2.45, 2.75) is 13.1 Å². The SMILES string of the molecule is NCc1nn(Cc2ccc(Cl)c(Cl)c2)c2ccccc12. The fourth-order valence-electron chi connectivity index (χ4n) is 2.28. The highest BCUT2D eigenvalue weighted by Crippen LogP contribution is 2.24. The zero-order valence-corrected chi connectivity index (χ0v) is 12.2. The van der Waals surface area contributed by atoms with E-state index < -0.39 is 0 Å². The fourth-order valence-corrected chi connectivity index (χ4v) is 2.60. The van der Waals surface area contributed by atoms with Gasteiger partial charge in [0.2, 0.25) is 0 Å². The van der Waals surface area contributed by atoms with Crippen molar-refractivity contribution in [2.75, 3.05) is 0 Å². The molecule has 1 heterocycles. The van der Waals surface area contributed by atoms with Crippen LogP contribution in [0.4, 0.5) is 0 Å². The summed E-state index contributed by atoms with van der Waals surface area (Å²) < 4.78 is 1.94. The summed E-state index contributed by atoms with van der Waals surface area (Å²) in [4.78, 5) is 0. The van der Waals surface area contributed by atoms with Crippen molar-refractivity contribution in [3.05, 3.63) is 63.8 Å². The van der Waals surface area contributed by atoms with Crippen LogP contribution in [0, 0.1) is 0 Å². The van der Waals surface area contributed by atoms with Gasteiger partial charge in [0, 0.05) is 11.9 Å². The lowest BCUT2D eigenvalue weighted by Gasteiger charge is -2.05. The summed E-state index contributed by atoms with van der Waals surface area (Å²) in [6.07, 6.45) is 0. The highest BCUT2D eigenvalue weighted by molar-refractivity contribution is 6.42. The molecule has 0 fully saturated rings. The molecule has 3 aromatic rings. The summed E-state index contributed by atoms with van der Waals surface area (Å²) in [7, 11) is 0. The Labute approximate surface area is 126 Å². The van der Waals surface area contributed by atoms with Crippen LogP contribution in [0.2, 0.25) is 10.0 Å². The molecule has 3 nitrogen and oxygen atoms in total. The Bertz CT molecular complexity index is 765. The van der Waals surface area contributed by atoms with Crippen LogP contribution in [0.1, 0.15) is 11.3 Å². The van der Waals surface area contributed by atoms with Crippen LogP contribution in [-0.4, -0.2) is 9.78 Å². The summed E-state index contributed by atoms with van der Waals surface area (Å²) in [5.74, 6) is 0. The molecule has 2 aromatic carbocycles. The Morgan fingerprint density at radius 2 is 1.85 bits per heavy atom. The topological polar surface area (TPSA) is 43.8 Å². The number of aromatic nitrogens is 2. The number of benzene rings is 2. The summed E-state index contributed by atoms with van der Waals surface area (Å²) in [6.45, 7) is 1.06. The second kappa shape index (κ2) is 5.44. The molecule has 0 atom stereocenters. The van der Waals surface area contributed by atoms with E-state index in [2.05, 4.69) is 5.10 Å². The van der Waals surface area contributed by atoms with Gasteiger partial charge in [0.1, 0.15) is 0 Å². The minimum atomic E-state index is 0.425. The van der Waals surface area contributed by atoms with Crippen molar-refractivity contribution in [1.29, 1.82) is 0 Å². The first-order valence-electron chi connectivity index (χ1n) is 6.27. The van der Waals surface area contributed by atoms with Gasteiger partial charge in [-0.1, -0.05) is 47.5 Å². The van der Waals surface area contributed by atoms with Gasteiger partial charge in [-0.2, -0.15) is 5.10 Å². The average Bonchev–Trinajstić information content (AvgIpc) is 2.81. The predicted octanol–water partition coefficient (Wildman–Crippen LogP) is 3.85. The molecule has 20 heavy (non-hydrogen) atoms. The van der Waals surface area contributed by atoms with Crippen LogP contribution in [0.5, 0.6) is 0 Å². The largest absolute Gasteiger partial charge is 0.325 e. The van der Waals surface area contributed by atoms with Gasteiger partial charge in [0.15, 0.2) is 0 Å². The fraction of sp³-hybridized carbons (Fsp3) is 0.133. The van der Waals surface area contributed by atoms with E-state index in [0.29, 0.717) is 23.1 Å². The zero-order chi connectivity index (χ0) is 14.1. The third kappa shape index (κ3) is 2.40. The molecule has 3 rings (SSSR count). The van der Waals surface area contributed by atoms with E-state index >= 15 is 0 Å². The molecule has 2 N–H and O–H groups in total. The molecule has 0 saturated heterocycles. The Kier molecular flexibility index (Phi) is 3.66. The van der Waals surface area contributed by atoms with E-state index in [9.17, 15) is 0 Å². The van der Waals surface area contributed by atoms with Gasteiger partial charge in [0.05, 0.1) is 27.8 Å². The predicted molar refractivity (Wildman–Crippen MR) is 83.2 cm³/mol. The Morgan fingerprint density at radius 1 is 1.05 bits per heavy atom. The van der Waals surface area contributed by atoms with E-state index in [1.165, 1.54) is 0 Å². The molecular formula is C15H13Cl2N3. The number of nitrogens with two attached hydrogens (primary N) is 1. The van der Waals surface area contributed by atoms with Crippen molar-refractivity contribution < 1.29 is 0 Å². The number of para-hydroxylation sites is 1. The van der Waals surface area contributed by atoms with Crippen molar-refractivity contribution in [3.63, 3.8) is 0 Å². The zero-order valence-electron chi connectivity index (χ0n) is 10.7. The summed E-state index contributed by atoms with van der Waals surface area (Å²) in [5, 5.41) is 6.78. The maximum atomic E-state index is 6.05. The lowest BCUT2D eigenvalue weighted by molar-refractivity contribution is 0.694. The average molecular weight is 306 g/mol. The van der Waals surface area contributed by atoms with Gasteiger partial charge in [-0.15, -0.1) is 0 Å². The third-order valence-electron chi connectivity index (χ3n) is 3.24. The summed E-state index contributed by atoms with van der Waals surface area (Å²) >= 11 is 12.0. The summed E-state index contributed by atoms with van der Waals surface area (Å²) in [5.41, 5.74) is 8.78. The Balaban J connectivity index is 2.04. The van der Waals surface area contributed by atoms with Crippen LogP contribution in [-0.2, 0) is 13.1 Å². The molecule has 0 amide bonds. The van der Waals surface area contributed by atoms with E-state index in [0.717, 1.165) is 22.2 Å². The third-order valence-corrected chi connectivity index (χ3v) is 3.98. The van der Waals surface area contributed by atoms with Crippen LogP contribution in [0.3, 0.4) is 0 Å². The first-order chi connectivity index (χ1) is 9.69. The molecule has 0 aliphatic rings. The van der Waals surface area contributed by atoms with Crippen LogP contribution in [0.25, 0.3) is 10.9 Å². The number of halogens is 2. The van der Waals surface area contributed by atoms with Crippen LogP contribution in [0.15, 0.2) is 42.5 Å². The molecule has 0 spiro atoms. The second-order valence-electron chi connectivity index (χ2n) is 4.57. The van der Waals surface area contributed by atoms with Gasteiger partial charge in [-0.3, -0.25) is 4.68 Å². The minimum absolute atomic E-state index is 0.425. The lowest BCUT2D eigenvalue weighted by atomic mass is 10.2. The van der Waals surface area contributed by atoms with Gasteiger partial charge in [-0.25, -0.2) is 0 Å². The molecule has 0 unspecified atom stereocenters. The monoisotopic (exact) mass is 305 g/mol. The van der Waals surface area contributed by atoms with E-state index in [1.807, 2.05) is 41.1 Å². The van der Waals surface area contributed by atoms with Gasteiger partial charge >= 0.3 is 0 Å². The summed E-state index contributed by atoms with van der Waals surface area (Å²) in [6, 6.07) is 13.7. The maximum absolute atomic E-state index is 6.05. The van der Waals surface area contributed by atoms with Crippen LogP contribution < -0.4 is 5.73 Å². The normalized spacial score (nSPS) is 11.2. The molecule has 1 aromatic heterocycles. The smallest absolute Gasteiger partial charge is 0.0839 e. The molecule has 0 radical (unpaired) electrons. The van der Waals surface area contributed by atoms with Crippen molar-refractivity contribution in [3.8, 4) is 0 Å². The van der Waals surface area contributed by atoms with E-state index in [4.69, 9.17) is 28.9 Å². The number of fused-ring (bicyclic) bond motifs is 1. The second-order valence-corrected chi connectivity index (χ2v) is 5.39. The molecule has 0 saturated carbocycles. The molecular weight excluding hydrogens is 293 g/mol. The minimum Gasteiger partial charge on any atom is -0.325 e. The molecule has 0 aliphatic carbocycles. The van der Waals surface area contributed by atoms with Crippen molar-refractivity contribution >= 4 is 34.1 Å². The van der Waals surface area contributed by atoms with Crippen LogP contribution >= 0.6 is 23.2 Å². The number of hydrogen-bond donors (Lipinski definition) is 1. The van der Waals surface area contributed by atoms with E-state index in [1.54, 1.807) is 6.07 Å². The molecule has 102 valence electrons. The van der Waals surface area contributed by atoms with E-state index in [-0.39, 0.29) is 0 Å². The number of nitrogens with zero attached hydrogens (tertiary/aromatic N) is 2. The van der Waals surface area contributed by atoms with Gasteiger partial charge < -0.3 is 5.73 Å². The lowest BCUT2D eigenvalue weighted by Crippen LogP contribution is -2.04. The Hall–Kier alpha value is -1.55. The first-order valence-corrected chi connectivity index (χ1v) is 7.03. The molecule has 0 aliphatic heterocycles. The Morgan fingerprint density at radius 3 is 2.60 bits per heavy atom. The highest BCUT2D eigenvalue weighted by Gasteiger charge is 2.09. The standard InChI is InChI=1S/C15H13Cl2N3/c16-12-6-5-10(7-13(12)17)9-20-15-4-2-1-3-11(15)14(8-18)19-20/h1-7H,8-9,18H2. The van der Waals surface area contributed by atoms with Gasteiger partial charge in [0.25, 0.3) is 0 Å². The first kappa shape index (κ1) is 13.4. The number of hydrogen-bond acceptors (Lipinski definition) is 2. The molecule has 5 heteroatoms. The molecule has 0 bridgehead atoms. The quantitative estimate of drug-likeness (QED) is 0.798. The highest BCUT2D eigenvalue weighted by atomic mass is 35.5. The van der Waals surface area contributed by atoms with Crippen molar-refractivity contribution in [1.82, 2.24) is 9.78 Å². The van der Waals surface area contributed by atoms with Crippen molar-refractivity contribution in [2.24, 2.45) is 5.73 Å². The maximum Gasteiger partial charge on any atom is 0.0839 e. The van der Waals surface area contributed by atoms with Gasteiger partial charge in [-0.05, 0) is 23.8 Å².